The van der Waals surface area contributed by atoms with Gasteiger partial charge in [0.25, 0.3) is 0 Å². The second-order valence-corrected chi connectivity index (χ2v) is 7.86. The third kappa shape index (κ3) is 2.77. The van der Waals surface area contributed by atoms with Crippen LogP contribution in [0.2, 0.25) is 0 Å². The highest BCUT2D eigenvalue weighted by Gasteiger charge is 2.42. The van der Waals surface area contributed by atoms with Gasteiger partial charge in [0.1, 0.15) is 0 Å². The van der Waals surface area contributed by atoms with Crippen LogP contribution in [0, 0.1) is 10.8 Å². The fraction of sp³-hybridized carbons (Fsp3) is 0.667. The summed E-state index contributed by atoms with van der Waals surface area (Å²) in [5.74, 6) is 0.668. The number of hydrogen-bond acceptors (Lipinski definition) is 2. The van der Waals surface area contributed by atoms with Gasteiger partial charge < -0.3 is 10.2 Å². The Labute approximate surface area is 123 Å². The molecule has 0 radical (unpaired) electrons. The number of nitrogens with zero attached hydrogens (tertiary/aromatic N) is 1. The molecule has 0 bridgehead atoms. The molecule has 2 saturated heterocycles. The maximum absolute atomic E-state index is 3.52. The average molecular weight is 272 g/mol. The molecule has 1 N–H and O–H groups in total. The van der Waals surface area contributed by atoms with Crippen LogP contribution in [0.15, 0.2) is 30.3 Å². The molecule has 2 heterocycles. The predicted molar refractivity (Wildman–Crippen MR) is 85.0 cm³/mol. The second kappa shape index (κ2) is 5.16. The van der Waals surface area contributed by atoms with Crippen molar-refractivity contribution in [3.8, 4) is 0 Å². The van der Waals surface area contributed by atoms with Crippen molar-refractivity contribution >= 4 is 0 Å². The molecular weight excluding hydrogens is 244 g/mol. The van der Waals surface area contributed by atoms with Gasteiger partial charge in [-0.1, -0.05) is 51.1 Å². The Bertz CT molecular complexity index is 446. The molecule has 0 aromatic heterocycles. The van der Waals surface area contributed by atoms with E-state index in [4.69, 9.17) is 0 Å². The lowest BCUT2D eigenvalue weighted by Crippen LogP contribution is -2.36. The molecule has 0 saturated carbocycles. The molecule has 2 unspecified atom stereocenters. The number of hydrogen-bond donors (Lipinski definition) is 1. The van der Waals surface area contributed by atoms with E-state index in [9.17, 15) is 0 Å². The molecule has 2 aliphatic heterocycles. The third-order valence-corrected chi connectivity index (χ3v) is 5.28. The van der Waals surface area contributed by atoms with E-state index in [1.807, 2.05) is 0 Å². The molecule has 2 heteroatoms. The second-order valence-electron chi connectivity index (χ2n) is 7.86. The topological polar surface area (TPSA) is 15.3 Å². The highest BCUT2D eigenvalue weighted by atomic mass is 15.2. The standard InChI is InChI=1S/C18H28N2/c1-17(2)13-20(14-18(3)9-10-19-12-18)11-16(17)15-7-5-4-6-8-15/h4-8,16,19H,9-14H2,1-3H3. The molecule has 2 aliphatic rings. The smallest absolute Gasteiger partial charge is 0.00564 e. The normalized spacial score (nSPS) is 33.6. The molecule has 2 atom stereocenters. The highest BCUT2D eigenvalue weighted by molar-refractivity contribution is 5.24. The van der Waals surface area contributed by atoms with Crippen molar-refractivity contribution in [3.63, 3.8) is 0 Å². The van der Waals surface area contributed by atoms with Crippen molar-refractivity contribution < 1.29 is 0 Å². The maximum atomic E-state index is 3.52. The number of nitrogens with one attached hydrogen (secondary N) is 1. The van der Waals surface area contributed by atoms with Crippen LogP contribution in [0.1, 0.15) is 38.7 Å². The maximum Gasteiger partial charge on any atom is 0.00564 e. The summed E-state index contributed by atoms with van der Waals surface area (Å²) >= 11 is 0. The van der Waals surface area contributed by atoms with Gasteiger partial charge in [-0.05, 0) is 29.4 Å². The van der Waals surface area contributed by atoms with Gasteiger partial charge >= 0.3 is 0 Å². The summed E-state index contributed by atoms with van der Waals surface area (Å²) in [6.07, 6.45) is 1.32. The van der Waals surface area contributed by atoms with Crippen LogP contribution < -0.4 is 5.32 Å². The lowest BCUT2D eigenvalue weighted by atomic mass is 9.78. The molecule has 110 valence electrons. The van der Waals surface area contributed by atoms with Gasteiger partial charge in [-0.3, -0.25) is 0 Å². The van der Waals surface area contributed by atoms with E-state index < -0.39 is 0 Å². The van der Waals surface area contributed by atoms with Gasteiger partial charge in [0.2, 0.25) is 0 Å². The van der Waals surface area contributed by atoms with E-state index in [0.29, 0.717) is 16.7 Å². The molecule has 0 aliphatic carbocycles. The molecule has 0 spiro atoms. The Balaban J connectivity index is 1.72. The van der Waals surface area contributed by atoms with Crippen LogP contribution in [0.5, 0.6) is 0 Å². The number of benzene rings is 1. The molecular formula is C18H28N2. The molecule has 0 amide bonds. The Morgan fingerprint density at radius 3 is 2.60 bits per heavy atom. The van der Waals surface area contributed by atoms with Crippen molar-refractivity contribution in [1.29, 1.82) is 0 Å². The molecule has 1 aromatic carbocycles. The zero-order chi connectivity index (χ0) is 14.2. The molecule has 2 fully saturated rings. The monoisotopic (exact) mass is 272 g/mol. The Hall–Kier alpha value is -0.860. The van der Waals surface area contributed by atoms with E-state index in [1.165, 1.54) is 44.7 Å². The summed E-state index contributed by atoms with van der Waals surface area (Å²) in [7, 11) is 0. The number of rotatable bonds is 3. The average Bonchev–Trinajstić information content (AvgIpc) is 2.94. The van der Waals surface area contributed by atoms with Crippen molar-refractivity contribution in [1.82, 2.24) is 10.2 Å². The third-order valence-electron chi connectivity index (χ3n) is 5.28. The minimum atomic E-state index is 0.379. The lowest BCUT2D eigenvalue weighted by Gasteiger charge is -2.29. The van der Waals surface area contributed by atoms with E-state index >= 15 is 0 Å². The van der Waals surface area contributed by atoms with Gasteiger partial charge in [0.15, 0.2) is 0 Å². The first-order valence-corrected chi connectivity index (χ1v) is 7.97. The van der Waals surface area contributed by atoms with Gasteiger partial charge in [-0.15, -0.1) is 0 Å². The molecule has 20 heavy (non-hydrogen) atoms. The summed E-state index contributed by atoms with van der Waals surface area (Å²) in [5, 5.41) is 3.52. The van der Waals surface area contributed by atoms with Crippen molar-refractivity contribution in [2.75, 3.05) is 32.7 Å². The first kappa shape index (κ1) is 14.1. The van der Waals surface area contributed by atoms with Gasteiger partial charge in [-0.2, -0.15) is 0 Å². The summed E-state index contributed by atoms with van der Waals surface area (Å²) in [6, 6.07) is 11.1. The fourth-order valence-corrected chi connectivity index (χ4v) is 4.16. The van der Waals surface area contributed by atoms with E-state index in [0.717, 1.165) is 0 Å². The minimum Gasteiger partial charge on any atom is -0.316 e. The van der Waals surface area contributed by atoms with Crippen LogP contribution in [0.3, 0.4) is 0 Å². The van der Waals surface area contributed by atoms with Crippen LogP contribution >= 0.6 is 0 Å². The van der Waals surface area contributed by atoms with Gasteiger partial charge in [0, 0.05) is 32.1 Å². The minimum absolute atomic E-state index is 0.379. The van der Waals surface area contributed by atoms with Gasteiger partial charge in [-0.25, -0.2) is 0 Å². The molecule has 3 rings (SSSR count). The quantitative estimate of drug-likeness (QED) is 0.909. The Kier molecular flexibility index (Phi) is 3.64. The van der Waals surface area contributed by atoms with Crippen molar-refractivity contribution in [3.05, 3.63) is 35.9 Å². The predicted octanol–water partition coefficient (Wildman–Crippen LogP) is 3.11. The largest absolute Gasteiger partial charge is 0.316 e. The van der Waals surface area contributed by atoms with Crippen LogP contribution in [-0.2, 0) is 0 Å². The Morgan fingerprint density at radius 2 is 1.95 bits per heavy atom. The van der Waals surface area contributed by atoms with Crippen LogP contribution in [-0.4, -0.2) is 37.6 Å². The first-order chi connectivity index (χ1) is 9.49. The number of likely N-dealkylation sites (tertiary alicyclic amines) is 1. The summed E-state index contributed by atoms with van der Waals surface area (Å²) < 4.78 is 0. The van der Waals surface area contributed by atoms with Crippen molar-refractivity contribution in [2.24, 2.45) is 10.8 Å². The molecule has 1 aromatic rings. The highest BCUT2D eigenvalue weighted by Crippen LogP contribution is 2.43. The summed E-state index contributed by atoms with van der Waals surface area (Å²) in [4.78, 5) is 2.70. The lowest BCUT2D eigenvalue weighted by molar-refractivity contribution is 0.193. The Morgan fingerprint density at radius 1 is 1.20 bits per heavy atom. The zero-order valence-corrected chi connectivity index (χ0v) is 13.2. The summed E-state index contributed by atoms with van der Waals surface area (Å²) in [6.45, 7) is 13.4. The van der Waals surface area contributed by atoms with Crippen LogP contribution in [0.25, 0.3) is 0 Å². The van der Waals surface area contributed by atoms with Crippen LogP contribution in [0.4, 0.5) is 0 Å². The fourth-order valence-electron chi connectivity index (χ4n) is 4.16. The summed E-state index contributed by atoms with van der Waals surface area (Å²) in [5.41, 5.74) is 2.36. The van der Waals surface area contributed by atoms with Gasteiger partial charge in [0.05, 0.1) is 0 Å². The zero-order valence-electron chi connectivity index (χ0n) is 13.2. The van der Waals surface area contributed by atoms with E-state index in [1.54, 1.807) is 0 Å². The van der Waals surface area contributed by atoms with Crippen molar-refractivity contribution in [2.45, 2.75) is 33.1 Å². The van der Waals surface area contributed by atoms with E-state index in [-0.39, 0.29) is 0 Å². The molecule has 2 nitrogen and oxygen atoms in total. The first-order valence-electron chi connectivity index (χ1n) is 7.97. The SMILES string of the molecule is CC1(CN2CC(c3ccccc3)C(C)(C)C2)CCNC1. The van der Waals surface area contributed by atoms with E-state index in [2.05, 4.69) is 61.3 Å².